The lowest BCUT2D eigenvalue weighted by molar-refractivity contribution is -0.386. The number of aryl methyl sites for hydroxylation is 2. The van der Waals surface area contributed by atoms with Gasteiger partial charge in [0.15, 0.2) is 0 Å². The molecule has 0 fully saturated rings. The Morgan fingerprint density at radius 1 is 1.32 bits per heavy atom. The molecule has 2 aromatic heterocycles. The van der Waals surface area contributed by atoms with Gasteiger partial charge in [0.25, 0.3) is 5.91 Å². The monoisotopic (exact) mass is 369 g/mol. The number of hydrogen-bond donors (Lipinski definition) is 2. The number of halogens is 1. The fourth-order valence-electron chi connectivity index (χ4n) is 2.16. The Kier molecular flexibility index (Phi) is 5.70. The fourth-order valence-corrected chi connectivity index (χ4v) is 2.32. The van der Waals surface area contributed by atoms with E-state index in [4.69, 9.17) is 11.6 Å². The van der Waals surface area contributed by atoms with E-state index >= 15 is 0 Å². The number of hydrogen-bond acceptors (Lipinski definition) is 6. The first-order chi connectivity index (χ1) is 11.8. The highest BCUT2D eigenvalue weighted by atomic mass is 35.5. The van der Waals surface area contributed by atoms with Gasteiger partial charge in [0.2, 0.25) is 5.91 Å². The van der Waals surface area contributed by atoms with Crippen molar-refractivity contribution < 1.29 is 14.5 Å². The molecule has 0 unspecified atom stereocenters. The molecule has 0 spiro atoms. The fraction of sp³-hybridized carbons (Fsp3) is 0.385. The van der Waals surface area contributed by atoms with E-state index in [1.165, 1.54) is 29.4 Å². The van der Waals surface area contributed by atoms with Crippen molar-refractivity contribution in [1.82, 2.24) is 30.4 Å². The number of nitrogens with one attached hydrogen (secondary N) is 2. The van der Waals surface area contributed by atoms with Crippen LogP contribution in [0.5, 0.6) is 0 Å². The van der Waals surface area contributed by atoms with E-state index in [0.717, 1.165) is 0 Å². The van der Waals surface area contributed by atoms with Gasteiger partial charge in [-0.05, 0) is 13.8 Å². The van der Waals surface area contributed by atoms with Crippen molar-refractivity contribution in [1.29, 1.82) is 0 Å². The van der Waals surface area contributed by atoms with Gasteiger partial charge in [-0.1, -0.05) is 11.6 Å². The van der Waals surface area contributed by atoms with E-state index in [1.807, 2.05) is 0 Å². The van der Waals surface area contributed by atoms with Crippen LogP contribution >= 0.6 is 11.6 Å². The van der Waals surface area contributed by atoms with Crippen molar-refractivity contribution in [3.8, 4) is 0 Å². The molecule has 0 aliphatic rings. The summed E-state index contributed by atoms with van der Waals surface area (Å²) in [6, 6.07) is 0. The Morgan fingerprint density at radius 2 is 2.00 bits per heavy atom. The lowest BCUT2D eigenvalue weighted by atomic mass is 10.3. The molecule has 2 N–H and O–H groups in total. The molecule has 2 rings (SSSR count). The summed E-state index contributed by atoms with van der Waals surface area (Å²) in [6.07, 6.45) is 3.11. The Labute approximate surface area is 147 Å². The summed E-state index contributed by atoms with van der Waals surface area (Å²) in [5, 5.41) is 19.3. The summed E-state index contributed by atoms with van der Waals surface area (Å²) < 4.78 is 2.71. The first-order valence-electron chi connectivity index (χ1n) is 7.22. The molecular weight excluding hydrogens is 354 g/mol. The van der Waals surface area contributed by atoms with Crippen molar-refractivity contribution >= 4 is 29.1 Å². The van der Waals surface area contributed by atoms with Crippen LogP contribution in [0.15, 0.2) is 12.4 Å². The predicted molar refractivity (Wildman–Crippen MR) is 86.5 cm³/mol. The summed E-state index contributed by atoms with van der Waals surface area (Å²) in [5.41, 5.74) is 4.84. The van der Waals surface area contributed by atoms with Crippen LogP contribution in [-0.4, -0.2) is 36.3 Å². The van der Waals surface area contributed by atoms with Gasteiger partial charge < -0.3 is 0 Å². The third-order valence-corrected chi connectivity index (χ3v) is 3.53. The highest BCUT2D eigenvalue weighted by molar-refractivity contribution is 6.30. The number of amides is 2. The normalized spacial score (nSPS) is 10.5. The minimum Gasteiger partial charge on any atom is -0.273 e. The molecule has 0 saturated heterocycles. The third kappa shape index (κ3) is 4.76. The third-order valence-electron chi connectivity index (χ3n) is 3.33. The molecule has 0 aliphatic heterocycles. The lowest BCUT2D eigenvalue weighted by Crippen LogP contribution is -2.43. The summed E-state index contributed by atoms with van der Waals surface area (Å²) in [4.78, 5) is 33.9. The number of carbonyl (C=O) groups is 2. The highest BCUT2D eigenvalue weighted by Gasteiger charge is 2.22. The van der Waals surface area contributed by atoms with Crippen LogP contribution < -0.4 is 10.9 Å². The van der Waals surface area contributed by atoms with Crippen molar-refractivity contribution in [2.75, 3.05) is 0 Å². The molecule has 11 nitrogen and oxygen atoms in total. The molecule has 25 heavy (non-hydrogen) atoms. The molecule has 0 bridgehead atoms. The maximum absolute atomic E-state index is 11.8. The van der Waals surface area contributed by atoms with E-state index in [0.29, 0.717) is 11.6 Å². The van der Waals surface area contributed by atoms with Gasteiger partial charge in [0.05, 0.1) is 16.1 Å². The van der Waals surface area contributed by atoms with Crippen LogP contribution in [0.2, 0.25) is 5.02 Å². The molecule has 12 heteroatoms. The van der Waals surface area contributed by atoms with Gasteiger partial charge in [0, 0.05) is 19.2 Å². The molecule has 0 aromatic carbocycles. The summed E-state index contributed by atoms with van der Waals surface area (Å²) in [6.45, 7) is 3.04. The van der Waals surface area contributed by atoms with E-state index < -0.39 is 16.7 Å². The zero-order valence-electron chi connectivity index (χ0n) is 13.5. The van der Waals surface area contributed by atoms with Crippen molar-refractivity contribution in [2.24, 2.45) is 0 Å². The van der Waals surface area contributed by atoms with Gasteiger partial charge in [-0.25, -0.2) is 0 Å². The molecule has 0 atom stereocenters. The average molecular weight is 370 g/mol. The Bertz CT molecular complexity index is 813. The Balaban J connectivity index is 1.81. The summed E-state index contributed by atoms with van der Waals surface area (Å²) in [7, 11) is 0. The second kappa shape index (κ2) is 7.75. The minimum absolute atomic E-state index is 0.0870. The Hall–Kier alpha value is -2.95. The number of nitro groups is 1. The minimum atomic E-state index is -0.559. The molecule has 134 valence electrons. The van der Waals surface area contributed by atoms with Gasteiger partial charge in [-0.3, -0.25) is 39.9 Å². The maximum Gasteiger partial charge on any atom is 0.312 e. The zero-order chi connectivity index (χ0) is 18.6. The SMILES string of the molecule is Cc1nn(CC(=O)NNC(=O)CCn2cc(Cl)cn2)c(C)c1[N+](=O)[O-]. The van der Waals surface area contributed by atoms with E-state index in [1.54, 1.807) is 6.20 Å². The molecular formula is C13H16ClN7O4. The molecule has 2 heterocycles. The quantitative estimate of drug-likeness (QED) is 0.561. The topological polar surface area (TPSA) is 137 Å². The molecule has 2 aromatic rings. The lowest BCUT2D eigenvalue weighted by Gasteiger charge is -2.08. The average Bonchev–Trinajstić information content (AvgIpc) is 3.06. The number of rotatable bonds is 6. The number of aromatic nitrogens is 4. The first kappa shape index (κ1) is 18.4. The second-order valence-electron chi connectivity index (χ2n) is 5.20. The van der Waals surface area contributed by atoms with Crippen LogP contribution in [0.4, 0.5) is 5.69 Å². The van der Waals surface area contributed by atoms with Crippen molar-refractivity contribution in [3.63, 3.8) is 0 Å². The van der Waals surface area contributed by atoms with Crippen LogP contribution in [0.3, 0.4) is 0 Å². The van der Waals surface area contributed by atoms with Crippen LogP contribution in [0.1, 0.15) is 17.8 Å². The smallest absolute Gasteiger partial charge is 0.273 e. The molecule has 0 aliphatic carbocycles. The summed E-state index contributed by atoms with van der Waals surface area (Å²) >= 11 is 5.71. The van der Waals surface area contributed by atoms with Crippen LogP contribution in [0, 0.1) is 24.0 Å². The van der Waals surface area contributed by atoms with Crippen LogP contribution in [-0.2, 0) is 22.7 Å². The van der Waals surface area contributed by atoms with Crippen molar-refractivity contribution in [3.05, 3.63) is 38.9 Å². The molecule has 0 radical (unpaired) electrons. The van der Waals surface area contributed by atoms with E-state index in [9.17, 15) is 19.7 Å². The molecule has 0 saturated carbocycles. The van der Waals surface area contributed by atoms with E-state index in [2.05, 4.69) is 21.0 Å². The van der Waals surface area contributed by atoms with Gasteiger partial charge in [-0.2, -0.15) is 10.2 Å². The van der Waals surface area contributed by atoms with E-state index in [-0.39, 0.29) is 30.0 Å². The van der Waals surface area contributed by atoms with Crippen LogP contribution in [0.25, 0.3) is 0 Å². The van der Waals surface area contributed by atoms with Gasteiger partial charge in [-0.15, -0.1) is 0 Å². The second-order valence-corrected chi connectivity index (χ2v) is 5.64. The maximum atomic E-state index is 11.8. The molecule has 2 amide bonds. The highest BCUT2D eigenvalue weighted by Crippen LogP contribution is 2.21. The standard InChI is InChI=1S/C13H16ClN7O4/c1-8-13(21(24)25)9(2)20(18-8)7-12(23)17-16-11(22)3-4-19-6-10(14)5-15-19/h5-6H,3-4,7H2,1-2H3,(H,16,22)(H,17,23). The Morgan fingerprint density at radius 3 is 2.56 bits per heavy atom. The van der Waals surface area contributed by atoms with Crippen molar-refractivity contribution in [2.45, 2.75) is 33.4 Å². The summed E-state index contributed by atoms with van der Waals surface area (Å²) in [5.74, 6) is -0.977. The number of carbonyl (C=O) groups excluding carboxylic acids is 2. The zero-order valence-corrected chi connectivity index (χ0v) is 14.3. The van der Waals surface area contributed by atoms with Gasteiger partial charge >= 0.3 is 5.69 Å². The number of hydrazine groups is 1. The first-order valence-corrected chi connectivity index (χ1v) is 7.59. The predicted octanol–water partition coefficient (Wildman–Crippen LogP) is 0.496. The number of nitrogens with zero attached hydrogens (tertiary/aromatic N) is 5. The van der Waals surface area contributed by atoms with Gasteiger partial charge in [0.1, 0.15) is 17.9 Å². The largest absolute Gasteiger partial charge is 0.312 e.